The van der Waals surface area contributed by atoms with E-state index in [2.05, 4.69) is 4.98 Å². The molecule has 0 spiro atoms. The van der Waals surface area contributed by atoms with Gasteiger partial charge < -0.3 is 15.2 Å². The van der Waals surface area contributed by atoms with Crippen molar-refractivity contribution in [3.05, 3.63) is 34.8 Å². The van der Waals surface area contributed by atoms with Crippen molar-refractivity contribution >= 4 is 28.6 Å². The summed E-state index contributed by atoms with van der Waals surface area (Å²) in [7, 11) is 0. The molecule has 18 heavy (non-hydrogen) atoms. The van der Waals surface area contributed by atoms with Crippen molar-refractivity contribution in [2.75, 3.05) is 18.9 Å². The molecule has 1 aliphatic rings. The number of anilines is 1. The van der Waals surface area contributed by atoms with Crippen LogP contribution in [-0.4, -0.2) is 18.2 Å². The monoisotopic (exact) mass is 260 g/mol. The minimum Gasteiger partial charge on any atom is -0.486 e. The van der Waals surface area contributed by atoms with Gasteiger partial charge in [-0.3, -0.25) is 0 Å². The van der Waals surface area contributed by atoms with Crippen LogP contribution in [0.2, 0.25) is 0 Å². The fourth-order valence-electron chi connectivity index (χ4n) is 1.72. The van der Waals surface area contributed by atoms with Crippen LogP contribution in [0.25, 0.3) is 12.2 Å². The summed E-state index contributed by atoms with van der Waals surface area (Å²) >= 11 is 1.43. The number of benzene rings is 1. The van der Waals surface area contributed by atoms with Gasteiger partial charge in [0.1, 0.15) is 13.2 Å². The zero-order chi connectivity index (χ0) is 12.4. The summed E-state index contributed by atoms with van der Waals surface area (Å²) < 4.78 is 11.0. The SMILES string of the molecule is Nc1nc(C=Cc2ccc3c(c2)OCCO3)cs1. The highest BCUT2D eigenvalue weighted by molar-refractivity contribution is 7.13. The van der Waals surface area contributed by atoms with E-state index < -0.39 is 0 Å². The van der Waals surface area contributed by atoms with E-state index in [-0.39, 0.29) is 0 Å². The Hall–Kier alpha value is -2.01. The third kappa shape index (κ3) is 2.31. The number of rotatable bonds is 2. The van der Waals surface area contributed by atoms with Gasteiger partial charge in [0.2, 0.25) is 0 Å². The first-order valence-corrected chi connectivity index (χ1v) is 6.48. The van der Waals surface area contributed by atoms with Crippen molar-refractivity contribution < 1.29 is 9.47 Å². The predicted octanol–water partition coefficient (Wildman–Crippen LogP) is 2.67. The molecule has 0 radical (unpaired) electrons. The Bertz CT molecular complexity index is 592. The van der Waals surface area contributed by atoms with E-state index in [1.807, 2.05) is 35.7 Å². The van der Waals surface area contributed by atoms with Gasteiger partial charge in [-0.2, -0.15) is 0 Å². The number of fused-ring (bicyclic) bond motifs is 1. The molecule has 0 atom stereocenters. The fraction of sp³-hybridized carbons (Fsp3) is 0.154. The summed E-state index contributed by atoms with van der Waals surface area (Å²) in [5.41, 5.74) is 7.49. The van der Waals surface area contributed by atoms with Crippen LogP contribution in [0.5, 0.6) is 11.5 Å². The fourth-order valence-corrected chi connectivity index (χ4v) is 2.25. The van der Waals surface area contributed by atoms with Crippen molar-refractivity contribution in [3.63, 3.8) is 0 Å². The zero-order valence-corrected chi connectivity index (χ0v) is 10.4. The molecule has 1 aliphatic heterocycles. The molecule has 0 saturated heterocycles. The average molecular weight is 260 g/mol. The van der Waals surface area contributed by atoms with Crippen molar-refractivity contribution in [2.45, 2.75) is 0 Å². The van der Waals surface area contributed by atoms with Crippen LogP contribution >= 0.6 is 11.3 Å². The molecule has 92 valence electrons. The quantitative estimate of drug-likeness (QED) is 0.902. The standard InChI is InChI=1S/C13H12N2O2S/c14-13-15-10(8-18-13)3-1-9-2-4-11-12(7-9)17-6-5-16-11/h1-4,7-8H,5-6H2,(H2,14,15). The largest absolute Gasteiger partial charge is 0.486 e. The Balaban J connectivity index is 1.82. The second-order valence-corrected chi connectivity index (χ2v) is 4.74. The van der Waals surface area contributed by atoms with Crippen LogP contribution < -0.4 is 15.2 Å². The molecule has 0 aliphatic carbocycles. The van der Waals surface area contributed by atoms with E-state index in [0.717, 1.165) is 22.8 Å². The molecule has 0 bridgehead atoms. The second kappa shape index (κ2) is 4.70. The van der Waals surface area contributed by atoms with Crippen LogP contribution in [0.1, 0.15) is 11.3 Å². The number of aromatic nitrogens is 1. The molecule has 5 heteroatoms. The van der Waals surface area contributed by atoms with Gasteiger partial charge in [0.05, 0.1) is 5.69 Å². The summed E-state index contributed by atoms with van der Waals surface area (Å²) in [6.07, 6.45) is 3.91. The van der Waals surface area contributed by atoms with Crippen molar-refractivity contribution in [1.82, 2.24) is 4.98 Å². The first-order valence-electron chi connectivity index (χ1n) is 5.60. The molecular formula is C13H12N2O2S. The van der Waals surface area contributed by atoms with Gasteiger partial charge in [0, 0.05) is 5.38 Å². The summed E-state index contributed by atoms with van der Waals surface area (Å²) in [4.78, 5) is 4.17. The van der Waals surface area contributed by atoms with Crippen molar-refractivity contribution in [3.8, 4) is 11.5 Å². The minimum atomic E-state index is 0.580. The van der Waals surface area contributed by atoms with Crippen LogP contribution in [0, 0.1) is 0 Å². The lowest BCUT2D eigenvalue weighted by atomic mass is 10.1. The molecule has 1 aromatic heterocycles. The highest BCUT2D eigenvalue weighted by atomic mass is 32.1. The Labute approximate surface area is 109 Å². The van der Waals surface area contributed by atoms with Crippen LogP contribution in [0.15, 0.2) is 23.6 Å². The molecule has 2 heterocycles. The summed E-state index contributed by atoms with van der Waals surface area (Å²) in [5.74, 6) is 1.59. The molecule has 3 rings (SSSR count). The van der Waals surface area contributed by atoms with E-state index in [1.54, 1.807) is 0 Å². The Morgan fingerprint density at radius 3 is 2.78 bits per heavy atom. The van der Waals surface area contributed by atoms with Gasteiger partial charge in [-0.1, -0.05) is 12.1 Å². The van der Waals surface area contributed by atoms with Gasteiger partial charge in [-0.25, -0.2) is 4.98 Å². The normalized spacial score (nSPS) is 14.0. The lowest BCUT2D eigenvalue weighted by molar-refractivity contribution is 0.171. The maximum Gasteiger partial charge on any atom is 0.180 e. The number of nitrogens with two attached hydrogens (primary N) is 1. The predicted molar refractivity (Wildman–Crippen MR) is 72.9 cm³/mol. The highest BCUT2D eigenvalue weighted by Crippen LogP contribution is 2.31. The Morgan fingerprint density at radius 1 is 1.17 bits per heavy atom. The number of nitrogen functional groups attached to an aromatic ring is 1. The summed E-state index contributed by atoms with van der Waals surface area (Å²) in [6.45, 7) is 1.21. The molecule has 0 amide bonds. The smallest absolute Gasteiger partial charge is 0.180 e. The van der Waals surface area contributed by atoms with Gasteiger partial charge in [-0.15, -0.1) is 11.3 Å². The molecule has 4 nitrogen and oxygen atoms in total. The molecular weight excluding hydrogens is 248 g/mol. The molecule has 1 aromatic carbocycles. The number of thiazole rings is 1. The van der Waals surface area contributed by atoms with E-state index in [9.17, 15) is 0 Å². The molecule has 0 saturated carbocycles. The highest BCUT2D eigenvalue weighted by Gasteiger charge is 2.10. The maximum atomic E-state index is 5.58. The number of nitrogens with zero attached hydrogens (tertiary/aromatic N) is 1. The number of hydrogen-bond acceptors (Lipinski definition) is 5. The number of ether oxygens (including phenoxy) is 2. The van der Waals surface area contributed by atoms with E-state index in [1.165, 1.54) is 11.3 Å². The number of hydrogen-bond donors (Lipinski definition) is 1. The first kappa shape index (κ1) is 11.1. The summed E-state index contributed by atoms with van der Waals surface area (Å²) in [5, 5.41) is 2.50. The molecule has 0 fully saturated rings. The van der Waals surface area contributed by atoms with Gasteiger partial charge in [0.15, 0.2) is 16.6 Å². The minimum absolute atomic E-state index is 0.580. The van der Waals surface area contributed by atoms with Crippen molar-refractivity contribution in [2.24, 2.45) is 0 Å². The second-order valence-electron chi connectivity index (χ2n) is 3.85. The first-order chi connectivity index (χ1) is 8.81. The van der Waals surface area contributed by atoms with Gasteiger partial charge in [0.25, 0.3) is 0 Å². The van der Waals surface area contributed by atoms with Gasteiger partial charge in [-0.05, 0) is 23.8 Å². The van der Waals surface area contributed by atoms with Crippen molar-refractivity contribution in [1.29, 1.82) is 0 Å². The molecule has 2 aromatic rings. The van der Waals surface area contributed by atoms with E-state index in [4.69, 9.17) is 15.2 Å². The van der Waals surface area contributed by atoms with E-state index in [0.29, 0.717) is 18.3 Å². The Kier molecular flexibility index (Phi) is 2.90. The molecule has 2 N–H and O–H groups in total. The topological polar surface area (TPSA) is 57.4 Å². The zero-order valence-electron chi connectivity index (χ0n) is 9.63. The van der Waals surface area contributed by atoms with E-state index >= 15 is 0 Å². The third-order valence-electron chi connectivity index (χ3n) is 2.55. The van der Waals surface area contributed by atoms with Crippen LogP contribution in [0.4, 0.5) is 5.13 Å². The molecule has 0 unspecified atom stereocenters. The summed E-state index contributed by atoms with van der Waals surface area (Å²) in [6, 6.07) is 5.87. The maximum absolute atomic E-state index is 5.58. The van der Waals surface area contributed by atoms with Crippen LogP contribution in [0.3, 0.4) is 0 Å². The Morgan fingerprint density at radius 2 is 2.00 bits per heavy atom. The lowest BCUT2D eigenvalue weighted by Gasteiger charge is -2.18. The van der Waals surface area contributed by atoms with Crippen LogP contribution in [-0.2, 0) is 0 Å². The lowest BCUT2D eigenvalue weighted by Crippen LogP contribution is -2.15. The van der Waals surface area contributed by atoms with Gasteiger partial charge >= 0.3 is 0 Å². The third-order valence-corrected chi connectivity index (χ3v) is 3.24. The average Bonchev–Trinajstić information content (AvgIpc) is 2.82.